The number of aryl methyl sites for hydroxylation is 1. The summed E-state index contributed by atoms with van der Waals surface area (Å²) in [4.78, 5) is 11.8. The van der Waals surface area contributed by atoms with E-state index in [2.05, 4.69) is 27.8 Å². The molecule has 18 heavy (non-hydrogen) atoms. The Morgan fingerprint density at radius 3 is 2.94 bits per heavy atom. The fourth-order valence-corrected chi connectivity index (χ4v) is 2.19. The summed E-state index contributed by atoms with van der Waals surface area (Å²) in [6.07, 6.45) is 2.33. The van der Waals surface area contributed by atoms with Crippen molar-refractivity contribution < 1.29 is 4.79 Å². The monoisotopic (exact) mass is 272 g/mol. The van der Waals surface area contributed by atoms with Gasteiger partial charge < -0.3 is 10.6 Å². The molecule has 1 aromatic rings. The number of aromatic nitrogens is 2. The lowest BCUT2D eigenvalue weighted by Crippen LogP contribution is -2.45. The van der Waals surface area contributed by atoms with Gasteiger partial charge in [-0.1, -0.05) is 6.92 Å². The van der Waals surface area contributed by atoms with Crippen molar-refractivity contribution in [3.8, 4) is 0 Å². The van der Waals surface area contributed by atoms with Crippen LogP contribution in [0.4, 0.5) is 0 Å². The molecule has 102 valence electrons. The van der Waals surface area contributed by atoms with Gasteiger partial charge in [0.15, 0.2) is 0 Å². The Hall–Kier alpha value is -1.07. The molecule has 1 amide bonds. The smallest absolute Gasteiger partial charge is 0.271 e. The molecule has 1 aliphatic heterocycles. The van der Waals surface area contributed by atoms with Crippen molar-refractivity contribution in [1.82, 2.24) is 20.8 Å². The highest BCUT2D eigenvalue weighted by Gasteiger charge is 2.27. The molecule has 0 bridgehead atoms. The van der Waals surface area contributed by atoms with Gasteiger partial charge in [-0.2, -0.15) is 5.10 Å². The largest absolute Gasteiger partial charge is 0.350 e. The molecule has 1 unspecified atom stereocenters. The van der Waals surface area contributed by atoms with Gasteiger partial charge in [-0.25, -0.2) is 0 Å². The van der Waals surface area contributed by atoms with Gasteiger partial charge in [-0.05, 0) is 37.8 Å². The second kappa shape index (κ2) is 6.20. The van der Waals surface area contributed by atoms with Gasteiger partial charge in [0.1, 0.15) is 5.69 Å². The van der Waals surface area contributed by atoms with Gasteiger partial charge in [0, 0.05) is 18.8 Å². The van der Waals surface area contributed by atoms with Crippen LogP contribution in [0.5, 0.6) is 0 Å². The number of hydrogen-bond acceptors (Lipinski definition) is 3. The summed E-state index contributed by atoms with van der Waals surface area (Å²) >= 11 is 0. The number of carbonyl (C=O) groups is 1. The summed E-state index contributed by atoms with van der Waals surface area (Å²) in [5.41, 5.74) is 1.54. The van der Waals surface area contributed by atoms with Crippen molar-refractivity contribution in [2.45, 2.75) is 26.7 Å². The number of carbonyl (C=O) groups excluding carboxylic acids is 1. The highest BCUT2D eigenvalue weighted by atomic mass is 35.5. The fraction of sp³-hybridized carbons (Fsp3) is 0.667. The van der Waals surface area contributed by atoms with E-state index >= 15 is 0 Å². The van der Waals surface area contributed by atoms with E-state index in [1.165, 1.54) is 6.42 Å². The van der Waals surface area contributed by atoms with Crippen LogP contribution in [0.2, 0.25) is 0 Å². The van der Waals surface area contributed by atoms with Crippen LogP contribution >= 0.6 is 12.4 Å². The van der Waals surface area contributed by atoms with E-state index in [1.54, 1.807) is 6.07 Å². The molecule has 0 saturated carbocycles. The Morgan fingerprint density at radius 2 is 2.39 bits per heavy atom. The first kappa shape index (κ1) is 15.0. The van der Waals surface area contributed by atoms with Crippen molar-refractivity contribution in [1.29, 1.82) is 0 Å². The Kier molecular flexibility index (Phi) is 5.16. The van der Waals surface area contributed by atoms with Crippen molar-refractivity contribution in [2.75, 3.05) is 19.6 Å². The third-order valence-electron chi connectivity index (χ3n) is 3.30. The van der Waals surface area contributed by atoms with E-state index in [9.17, 15) is 4.79 Å². The van der Waals surface area contributed by atoms with E-state index < -0.39 is 0 Å². The minimum Gasteiger partial charge on any atom is -0.350 e. The van der Waals surface area contributed by atoms with Crippen LogP contribution in [-0.4, -0.2) is 35.7 Å². The minimum atomic E-state index is -0.0962. The van der Waals surface area contributed by atoms with Crippen LogP contribution in [-0.2, 0) is 0 Å². The number of hydrogen-bond donors (Lipinski definition) is 3. The van der Waals surface area contributed by atoms with Crippen LogP contribution < -0.4 is 10.6 Å². The van der Waals surface area contributed by atoms with Gasteiger partial charge in [-0.15, -0.1) is 12.4 Å². The van der Waals surface area contributed by atoms with Crippen LogP contribution in [0.15, 0.2) is 6.07 Å². The SMILES string of the molecule is Cc1cc(C(=O)NCC2(C)CCCNC2)n[nH]1.Cl. The van der Waals surface area contributed by atoms with Gasteiger partial charge in [0.25, 0.3) is 5.91 Å². The molecule has 0 radical (unpaired) electrons. The lowest BCUT2D eigenvalue weighted by Gasteiger charge is -2.34. The average Bonchev–Trinajstić information content (AvgIpc) is 2.74. The Labute approximate surface area is 114 Å². The molecule has 2 heterocycles. The Bertz CT molecular complexity index is 399. The molecule has 0 aliphatic carbocycles. The number of rotatable bonds is 3. The zero-order valence-corrected chi connectivity index (χ0v) is 11.7. The van der Waals surface area contributed by atoms with Gasteiger partial charge in [0.05, 0.1) is 0 Å². The molecule has 0 spiro atoms. The predicted octanol–water partition coefficient (Wildman–Crippen LogP) is 1.26. The molecule has 1 saturated heterocycles. The summed E-state index contributed by atoms with van der Waals surface area (Å²) in [5.74, 6) is -0.0962. The number of aromatic amines is 1. The molecule has 2 rings (SSSR count). The fourth-order valence-electron chi connectivity index (χ4n) is 2.19. The van der Waals surface area contributed by atoms with Crippen molar-refractivity contribution in [2.24, 2.45) is 5.41 Å². The van der Waals surface area contributed by atoms with E-state index in [-0.39, 0.29) is 23.7 Å². The molecular formula is C12H21ClN4O. The van der Waals surface area contributed by atoms with Crippen LogP contribution in [0.25, 0.3) is 0 Å². The van der Waals surface area contributed by atoms with Crippen LogP contribution in [0, 0.1) is 12.3 Å². The number of halogens is 1. The quantitative estimate of drug-likeness (QED) is 0.776. The zero-order valence-electron chi connectivity index (χ0n) is 10.9. The first-order valence-corrected chi connectivity index (χ1v) is 6.10. The normalized spacial score (nSPS) is 23.2. The third kappa shape index (κ3) is 3.71. The maximum Gasteiger partial charge on any atom is 0.271 e. The molecule has 1 fully saturated rings. The summed E-state index contributed by atoms with van der Waals surface area (Å²) in [5, 5.41) is 13.1. The number of nitrogens with one attached hydrogen (secondary N) is 3. The van der Waals surface area contributed by atoms with Crippen molar-refractivity contribution >= 4 is 18.3 Å². The highest BCUT2D eigenvalue weighted by Crippen LogP contribution is 2.24. The van der Waals surface area contributed by atoms with E-state index in [1.807, 2.05) is 6.92 Å². The standard InChI is InChI=1S/C12H20N4O.ClH/c1-9-6-10(16-15-9)11(17)14-8-12(2)4-3-5-13-7-12;/h6,13H,3-5,7-8H2,1-2H3,(H,14,17)(H,15,16);1H. The minimum absolute atomic E-state index is 0. The molecule has 3 N–H and O–H groups in total. The molecule has 6 heteroatoms. The van der Waals surface area contributed by atoms with Gasteiger partial charge in [-0.3, -0.25) is 9.89 Å². The molecular weight excluding hydrogens is 252 g/mol. The topological polar surface area (TPSA) is 69.8 Å². The van der Waals surface area contributed by atoms with Gasteiger partial charge >= 0.3 is 0 Å². The number of H-pyrrole nitrogens is 1. The van der Waals surface area contributed by atoms with E-state index in [4.69, 9.17) is 0 Å². The summed E-state index contributed by atoms with van der Waals surface area (Å²) in [6.45, 7) is 6.84. The first-order chi connectivity index (χ1) is 8.09. The van der Waals surface area contributed by atoms with Crippen molar-refractivity contribution in [3.63, 3.8) is 0 Å². The predicted molar refractivity (Wildman–Crippen MR) is 73.1 cm³/mol. The van der Waals surface area contributed by atoms with Gasteiger partial charge in [0.2, 0.25) is 0 Å². The number of piperidine rings is 1. The Balaban J connectivity index is 0.00000162. The van der Waals surface area contributed by atoms with Crippen LogP contribution in [0.3, 0.4) is 0 Å². The second-order valence-corrected chi connectivity index (χ2v) is 5.21. The zero-order chi connectivity index (χ0) is 12.3. The molecule has 1 aromatic heterocycles. The second-order valence-electron chi connectivity index (χ2n) is 5.21. The molecule has 1 aliphatic rings. The first-order valence-electron chi connectivity index (χ1n) is 6.10. The molecule has 5 nitrogen and oxygen atoms in total. The number of nitrogens with zero attached hydrogens (tertiary/aromatic N) is 1. The summed E-state index contributed by atoms with van der Waals surface area (Å²) in [7, 11) is 0. The van der Waals surface area contributed by atoms with Crippen LogP contribution in [0.1, 0.15) is 35.9 Å². The molecule has 1 atom stereocenters. The Morgan fingerprint density at radius 1 is 1.61 bits per heavy atom. The average molecular weight is 273 g/mol. The highest BCUT2D eigenvalue weighted by molar-refractivity contribution is 5.92. The van der Waals surface area contributed by atoms with Crippen molar-refractivity contribution in [3.05, 3.63) is 17.5 Å². The maximum absolute atomic E-state index is 11.8. The third-order valence-corrected chi connectivity index (χ3v) is 3.30. The summed E-state index contributed by atoms with van der Waals surface area (Å²) in [6, 6.07) is 1.76. The maximum atomic E-state index is 11.8. The number of amides is 1. The van der Waals surface area contributed by atoms with E-state index in [0.717, 1.165) is 25.2 Å². The lowest BCUT2D eigenvalue weighted by atomic mass is 9.83. The molecule has 0 aromatic carbocycles. The summed E-state index contributed by atoms with van der Waals surface area (Å²) < 4.78 is 0. The van der Waals surface area contributed by atoms with E-state index in [0.29, 0.717) is 12.2 Å². The lowest BCUT2D eigenvalue weighted by molar-refractivity contribution is 0.0919.